The summed E-state index contributed by atoms with van der Waals surface area (Å²) in [5.74, 6) is 1.61. The Bertz CT molecular complexity index is 1290. The van der Waals surface area contributed by atoms with Crippen LogP contribution in [0.3, 0.4) is 0 Å². The number of benzene rings is 2. The summed E-state index contributed by atoms with van der Waals surface area (Å²) in [6, 6.07) is 15.6. The van der Waals surface area contributed by atoms with Crippen LogP contribution in [0, 0.1) is 5.82 Å². The Hall–Kier alpha value is -3.65. The third kappa shape index (κ3) is 5.59. The van der Waals surface area contributed by atoms with E-state index in [1.807, 2.05) is 49.6 Å². The molecule has 0 aliphatic rings. The number of halogens is 1. The topological polar surface area (TPSA) is 61.2 Å². The zero-order chi connectivity index (χ0) is 23.2. The van der Waals surface area contributed by atoms with E-state index in [0.29, 0.717) is 18.1 Å². The largest absolute Gasteiger partial charge is 0.493 e. The van der Waals surface area contributed by atoms with Gasteiger partial charge in [-0.15, -0.1) is 11.3 Å². The van der Waals surface area contributed by atoms with Gasteiger partial charge in [-0.2, -0.15) is 5.10 Å². The van der Waals surface area contributed by atoms with E-state index < -0.39 is 0 Å². The highest BCUT2D eigenvalue weighted by Crippen LogP contribution is 2.28. The molecule has 4 aromatic rings. The molecule has 0 bridgehead atoms. The Kier molecular flexibility index (Phi) is 7.04. The van der Waals surface area contributed by atoms with Crippen LogP contribution >= 0.6 is 11.3 Å². The second-order valence-electron chi connectivity index (χ2n) is 7.49. The summed E-state index contributed by atoms with van der Waals surface area (Å²) in [5, 5.41) is 6.65. The van der Waals surface area contributed by atoms with Crippen molar-refractivity contribution in [3.8, 4) is 23.0 Å². The molecule has 0 radical (unpaired) electrons. The molecule has 0 atom stereocenters. The van der Waals surface area contributed by atoms with E-state index in [4.69, 9.17) is 13.9 Å². The smallest absolute Gasteiger partial charge is 0.206 e. The quantitative estimate of drug-likeness (QED) is 0.312. The molecule has 0 saturated heterocycles. The van der Waals surface area contributed by atoms with Gasteiger partial charge in [-0.3, -0.25) is 4.99 Å². The van der Waals surface area contributed by atoms with E-state index >= 15 is 0 Å². The van der Waals surface area contributed by atoms with Crippen LogP contribution in [0.25, 0.3) is 11.5 Å². The zero-order valence-corrected chi connectivity index (χ0v) is 19.4. The third-order valence-corrected chi connectivity index (χ3v) is 5.48. The lowest BCUT2D eigenvalue weighted by atomic mass is 10.2. The lowest BCUT2D eigenvalue weighted by Crippen LogP contribution is -2.14. The van der Waals surface area contributed by atoms with E-state index in [-0.39, 0.29) is 11.9 Å². The monoisotopic (exact) mass is 465 g/mol. The molecule has 8 heteroatoms. The van der Waals surface area contributed by atoms with E-state index in [1.165, 1.54) is 23.5 Å². The maximum absolute atomic E-state index is 13.1. The fraction of sp³-hybridized carbons (Fsp3) is 0.200. The van der Waals surface area contributed by atoms with Crippen molar-refractivity contribution >= 4 is 17.6 Å². The lowest BCUT2D eigenvalue weighted by molar-refractivity contribution is 0.284. The molecule has 170 valence electrons. The van der Waals surface area contributed by atoms with Crippen LogP contribution in [0.15, 0.2) is 80.8 Å². The highest BCUT2D eigenvalue weighted by molar-refractivity contribution is 7.07. The van der Waals surface area contributed by atoms with Crippen LogP contribution in [0.5, 0.6) is 11.5 Å². The fourth-order valence-corrected chi connectivity index (χ4v) is 4.02. The minimum atomic E-state index is -0.275. The van der Waals surface area contributed by atoms with Crippen LogP contribution in [0.1, 0.15) is 25.0 Å². The first-order chi connectivity index (χ1) is 16.0. The second-order valence-corrected chi connectivity index (χ2v) is 8.32. The summed E-state index contributed by atoms with van der Waals surface area (Å²) in [6.07, 6.45) is 3.38. The zero-order valence-electron chi connectivity index (χ0n) is 18.6. The SMILES string of the molecule is COc1cc(C=Nn2c(-c3ccco3)csc2=NC(C)C)ccc1OCc1ccc(F)cc1. The van der Waals surface area contributed by atoms with Crippen molar-refractivity contribution in [2.24, 2.45) is 10.1 Å². The molecule has 33 heavy (non-hydrogen) atoms. The summed E-state index contributed by atoms with van der Waals surface area (Å²) in [6.45, 7) is 4.35. The molecule has 0 amide bonds. The number of nitrogens with zero attached hydrogens (tertiary/aromatic N) is 3. The number of methoxy groups -OCH3 is 1. The van der Waals surface area contributed by atoms with Crippen molar-refractivity contribution in [2.75, 3.05) is 7.11 Å². The Morgan fingerprint density at radius 1 is 1.12 bits per heavy atom. The molecule has 0 aliphatic carbocycles. The van der Waals surface area contributed by atoms with Crippen LogP contribution in [0.2, 0.25) is 0 Å². The van der Waals surface area contributed by atoms with Crippen molar-refractivity contribution in [3.05, 3.63) is 88.0 Å². The minimum Gasteiger partial charge on any atom is -0.493 e. The summed E-state index contributed by atoms with van der Waals surface area (Å²) in [7, 11) is 1.59. The molecular formula is C25H24FN3O3S. The van der Waals surface area contributed by atoms with E-state index in [1.54, 1.807) is 36.4 Å². The van der Waals surface area contributed by atoms with E-state index in [0.717, 1.165) is 27.4 Å². The van der Waals surface area contributed by atoms with Gasteiger partial charge in [0, 0.05) is 11.4 Å². The summed E-state index contributed by atoms with van der Waals surface area (Å²) in [5.41, 5.74) is 2.53. The van der Waals surface area contributed by atoms with Crippen molar-refractivity contribution < 1.29 is 18.3 Å². The molecule has 2 heterocycles. The first kappa shape index (κ1) is 22.5. The average Bonchev–Trinajstić information content (AvgIpc) is 3.47. The molecule has 0 unspecified atom stereocenters. The molecule has 0 N–H and O–H groups in total. The Balaban J connectivity index is 1.58. The van der Waals surface area contributed by atoms with Crippen molar-refractivity contribution in [1.82, 2.24) is 4.68 Å². The van der Waals surface area contributed by atoms with Crippen molar-refractivity contribution in [2.45, 2.75) is 26.5 Å². The number of furan rings is 1. The van der Waals surface area contributed by atoms with Crippen LogP contribution < -0.4 is 14.3 Å². The minimum absolute atomic E-state index is 0.132. The van der Waals surface area contributed by atoms with Gasteiger partial charge in [0.05, 0.1) is 19.6 Å². The first-order valence-corrected chi connectivity index (χ1v) is 11.3. The van der Waals surface area contributed by atoms with E-state index in [2.05, 4.69) is 10.1 Å². The van der Waals surface area contributed by atoms with Crippen LogP contribution in [0.4, 0.5) is 4.39 Å². The van der Waals surface area contributed by atoms with Crippen LogP contribution in [-0.2, 0) is 6.61 Å². The standard InChI is InChI=1S/C25H24FN3O3S/c1-17(2)28-25-29(21(16-33-25)22-5-4-12-31-22)27-14-19-8-11-23(24(13-19)30-3)32-15-18-6-9-20(26)10-7-18/h4-14,16-17H,15H2,1-3H3. The van der Waals surface area contributed by atoms with Gasteiger partial charge in [-0.05, 0) is 67.4 Å². The molecule has 2 aromatic heterocycles. The van der Waals surface area contributed by atoms with Gasteiger partial charge in [0.25, 0.3) is 0 Å². The summed E-state index contributed by atoms with van der Waals surface area (Å²) >= 11 is 1.51. The molecule has 4 rings (SSSR count). The van der Waals surface area contributed by atoms with Gasteiger partial charge in [-0.1, -0.05) is 12.1 Å². The van der Waals surface area contributed by atoms with Gasteiger partial charge in [0.2, 0.25) is 4.80 Å². The average molecular weight is 466 g/mol. The van der Waals surface area contributed by atoms with Gasteiger partial charge in [0.1, 0.15) is 18.1 Å². The molecule has 0 aliphatic heterocycles. The summed E-state index contributed by atoms with van der Waals surface area (Å²) in [4.78, 5) is 5.44. The van der Waals surface area contributed by atoms with Gasteiger partial charge < -0.3 is 13.9 Å². The number of ether oxygens (including phenoxy) is 2. The Labute approximate surface area is 195 Å². The number of thiazole rings is 1. The first-order valence-electron chi connectivity index (χ1n) is 10.4. The highest BCUT2D eigenvalue weighted by atomic mass is 32.1. The predicted molar refractivity (Wildman–Crippen MR) is 127 cm³/mol. The number of hydrogen-bond donors (Lipinski definition) is 0. The molecule has 0 saturated carbocycles. The number of hydrogen-bond acceptors (Lipinski definition) is 6. The van der Waals surface area contributed by atoms with Gasteiger partial charge >= 0.3 is 0 Å². The third-order valence-electron chi connectivity index (χ3n) is 4.65. The van der Waals surface area contributed by atoms with Gasteiger partial charge in [-0.25, -0.2) is 9.07 Å². The molecule has 0 spiro atoms. The molecule has 2 aromatic carbocycles. The molecular weight excluding hydrogens is 441 g/mol. The van der Waals surface area contributed by atoms with Gasteiger partial charge in [0.15, 0.2) is 17.3 Å². The van der Waals surface area contributed by atoms with Crippen molar-refractivity contribution in [3.63, 3.8) is 0 Å². The summed E-state index contributed by atoms with van der Waals surface area (Å²) < 4.78 is 31.8. The Morgan fingerprint density at radius 3 is 2.64 bits per heavy atom. The van der Waals surface area contributed by atoms with E-state index in [9.17, 15) is 4.39 Å². The second kappa shape index (κ2) is 10.3. The molecule has 6 nitrogen and oxygen atoms in total. The predicted octanol–water partition coefficient (Wildman–Crippen LogP) is 5.73. The van der Waals surface area contributed by atoms with Crippen molar-refractivity contribution in [1.29, 1.82) is 0 Å². The normalized spacial score (nSPS) is 12.1. The highest BCUT2D eigenvalue weighted by Gasteiger charge is 2.11. The Morgan fingerprint density at radius 2 is 1.94 bits per heavy atom. The fourth-order valence-electron chi connectivity index (χ4n) is 3.07. The lowest BCUT2D eigenvalue weighted by Gasteiger charge is -2.11. The maximum atomic E-state index is 13.1. The van der Waals surface area contributed by atoms with Crippen LogP contribution in [-0.4, -0.2) is 24.0 Å². The molecule has 0 fully saturated rings. The number of aromatic nitrogens is 1. The maximum Gasteiger partial charge on any atom is 0.206 e. The number of rotatable bonds is 8.